The van der Waals surface area contributed by atoms with Gasteiger partial charge in [0.15, 0.2) is 0 Å². The van der Waals surface area contributed by atoms with Gasteiger partial charge in [-0.25, -0.2) is 0 Å². The molecule has 0 spiro atoms. The van der Waals surface area contributed by atoms with Gasteiger partial charge in [0.05, 0.1) is 11.8 Å². The maximum atomic E-state index is 9.12. The zero-order valence-corrected chi connectivity index (χ0v) is 9.60. The Morgan fingerprint density at radius 2 is 1.62 bits per heavy atom. The number of hydrogen-bond donors (Lipinski definition) is 0. The van der Waals surface area contributed by atoms with Gasteiger partial charge >= 0.3 is 59.1 Å². The third kappa shape index (κ3) is 25.2. The number of halogens is 1. The van der Waals surface area contributed by atoms with Crippen LogP contribution in [0.4, 0.5) is 0 Å². The quantitative estimate of drug-likeness (QED) is 0.280. The Morgan fingerprint density at radius 3 is 1.62 bits per heavy atom. The molecule has 0 unspecified atom stereocenters. The Bertz CT molecular complexity index is 50.5. The van der Waals surface area contributed by atoms with E-state index in [4.69, 9.17) is 9.90 Å². The molecule has 0 aliphatic carbocycles. The van der Waals surface area contributed by atoms with Crippen molar-refractivity contribution in [2.75, 3.05) is 5.88 Å². The standard InChI is InChI=1S/C2H3ClO2.2Na.H2O/c3-1-2(4)5;;;/h1H2,(H,4,5);;;1H2/q;2*+1;/p-2. The smallest absolute Gasteiger partial charge is 0.870 e. The number of hydrogen-bond acceptors (Lipinski definition) is 3. The van der Waals surface area contributed by atoms with Crippen LogP contribution in [0.2, 0.25) is 0 Å². The van der Waals surface area contributed by atoms with Gasteiger partial charge in [0.25, 0.3) is 0 Å². The molecule has 0 fully saturated rings. The van der Waals surface area contributed by atoms with Crippen LogP contribution in [0.5, 0.6) is 0 Å². The van der Waals surface area contributed by atoms with Crippen molar-refractivity contribution < 1.29 is 74.5 Å². The van der Waals surface area contributed by atoms with Crippen molar-refractivity contribution in [3.05, 3.63) is 0 Å². The van der Waals surface area contributed by atoms with Crippen LogP contribution in [0.15, 0.2) is 0 Å². The molecular weight excluding hydrogens is 153 g/mol. The van der Waals surface area contributed by atoms with Crippen LogP contribution in [-0.2, 0) is 4.79 Å². The molecule has 0 rings (SSSR count). The first kappa shape index (κ1) is 22.6. The van der Waals surface area contributed by atoms with Crippen molar-refractivity contribution in [2.24, 2.45) is 0 Å². The van der Waals surface area contributed by atoms with Crippen LogP contribution in [0.1, 0.15) is 0 Å². The average Bonchev–Trinajstić information content (AvgIpc) is 1.38. The van der Waals surface area contributed by atoms with Crippen molar-refractivity contribution in [1.29, 1.82) is 0 Å². The summed E-state index contributed by atoms with van der Waals surface area (Å²) in [4.78, 5) is 9.12. The van der Waals surface area contributed by atoms with E-state index in [0.29, 0.717) is 0 Å². The summed E-state index contributed by atoms with van der Waals surface area (Å²) < 4.78 is 0. The second-order valence-electron chi connectivity index (χ2n) is 0.506. The summed E-state index contributed by atoms with van der Waals surface area (Å²) in [5.74, 6) is -1.65. The molecule has 3 nitrogen and oxygen atoms in total. The van der Waals surface area contributed by atoms with Crippen molar-refractivity contribution in [1.82, 2.24) is 0 Å². The third-order valence-corrected chi connectivity index (χ3v) is 0.327. The van der Waals surface area contributed by atoms with Crippen LogP contribution in [0.3, 0.4) is 0 Å². The molecule has 0 aromatic carbocycles. The van der Waals surface area contributed by atoms with Crippen molar-refractivity contribution in [3.8, 4) is 0 Å². The van der Waals surface area contributed by atoms with E-state index in [2.05, 4.69) is 11.6 Å². The van der Waals surface area contributed by atoms with E-state index < -0.39 is 11.8 Å². The monoisotopic (exact) mass is 156 g/mol. The summed E-state index contributed by atoms with van der Waals surface area (Å²) in [7, 11) is 0. The van der Waals surface area contributed by atoms with Gasteiger partial charge in [-0.2, -0.15) is 0 Å². The summed E-state index contributed by atoms with van der Waals surface area (Å²) in [5.41, 5.74) is 0. The van der Waals surface area contributed by atoms with E-state index in [1.54, 1.807) is 0 Å². The summed E-state index contributed by atoms with van der Waals surface area (Å²) in [5, 5.41) is 9.12. The Kier molecular flexibility index (Phi) is 44.9. The zero-order valence-electron chi connectivity index (χ0n) is 4.85. The molecule has 0 aromatic rings. The van der Waals surface area contributed by atoms with Crippen LogP contribution >= 0.6 is 11.6 Å². The molecule has 0 saturated heterocycles. The van der Waals surface area contributed by atoms with E-state index in [1.165, 1.54) is 0 Å². The maximum absolute atomic E-state index is 9.12. The Morgan fingerprint density at radius 1 is 1.50 bits per heavy atom. The Hall–Kier alpha value is 1.72. The van der Waals surface area contributed by atoms with Crippen LogP contribution < -0.4 is 64.2 Å². The average molecular weight is 156 g/mol. The third-order valence-electron chi connectivity index (χ3n) is 0.109. The van der Waals surface area contributed by atoms with Gasteiger partial charge in [-0.3, -0.25) is 0 Å². The second kappa shape index (κ2) is 15.9. The fraction of sp³-hybridized carbons (Fsp3) is 0.500. The van der Waals surface area contributed by atoms with Gasteiger partial charge in [0.1, 0.15) is 0 Å². The Balaban J connectivity index is -0.0000000267. The van der Waals surface area contributed by atoms with E-state index >= 15 is 0 Å². The maximum Gasteiger partial charge on any atom is 1.00 e. The van der Waals surface area contributed by atoms with Gasteiger partial charge in [-0.05, 0) is 0 Å². The van der Waals surface area contributed by atoms with Crippen molar-refractivity contribution >= 4 is 17.6 Å². The van der Waals surface area contributed by atoms with Crippen molar-refractivity contribution in [3.63, 3.8) is 0 Å². The molecule has 0 aliphatic rings. The summed E-state index contributed by atoms with van der Waals surface area (Å²) >= 11 is 4.67. The molecule has 1 N–H and O–H groups in total. The van der Waals surface area contributed by atoms with Gasteiger partial charge in [0.2, 0.25) is 0 Å². The number of rotatable bonds is 1. The molecule has 0 heterocycles. The molecule has 0 aromatic heterocycles. The van der Waals surface area contributed by atoms with Crippen molar-refractivity contribution in [2.45, 2.75) is 0 Å². The van der Waals surface area contributed by atoms with Crippen LogP contribution in [0.25, 0.3) is 0 Å². The molecule has 0 aliphatic heterocycles. The SMILES string of the molecule is O=C([O-])CCl.[Na+].[Na+].[OH-]. The molecule has 0 radical (unpaired) electrons. The van der Waals surface area contributed by atoms with E-state index in [0.717, 1.165) is 0 Å². The minimum Gasteiger partial charge on any atom is -0.870 e. The largest absolute Gasteiger partial charge is 1.00 e. The van der Waals surface area contributed by atoms with Crippen LogP contribution in [0, 0.1) is 0 Å². The van der Waals surface area contributed by atoms with E-state index in [9.17, 15) is 0 Å². The molecule has 8 heavy (non-hydrogen) atoms. The van der Waals surface area contributed by atoms with Gasteiger partial charge in [-0.1, -0.05) is 0 Å². The molecular formula is C2H3ClNa2O3. The second-order valence-corrected chi connectivity index (χ2v) is 0.773. The number of aliphatic carboxylic acids is 1. The number of carbonyl (C=O) groups is 1. The summed E-state index contributed by atoms with van der Waals surface area (Å²) in [6.07, 6.45) is 0. The minimum atomic E-state index is -1.23. The Labute approximate surface area is 96.7 Å². The molecule has 0 atom stereocenters. The fourth-order valence-electron chi connectivity index (χ4n) is 0. The topological polar surface area (TPSA) is 70.1 Å². The number of carboxylic acids is 1. The summed E-state index contributed by atoms with van der Waals surface area (Å²) in [6.45, 7) is 0. The fourth-order valence-corrected chi connectivity index (χ4v) is 0. The van der Waals surface area contributed by atoms with Gasteiger partial charge in [-0.15, -0.1) is 11.6 Å². The first-order valence-corrected chi connectivity index (χ1v) is 1.56. The van der Waals surface area contributed by atoms with E-state index in [-0.39, 0.29) is 64.6 Å². The normalized spacial score (nSPS) is 4.62. The predicted octanol–water partition coefficient (Wildman–Crippen LogP) is -7.19. The first-order valence-electron chi connectivity index (χ1n) is 1.03. The first-order chi connectivity index (χ1) is 2.27. The zero-order chi connectivity index (χ0) is 4.28. The number of carbonyl (C=O) groups excluding carboxylic acids is 1. The predicted molar refractivity (Wildman–Crippen MR) is 17.7 cm³/mol. The molecule has 6 heteroatoms. The molecule has 38 valence electrons. The van der Waals surface area contributed by atoms with Gasteiger partial charge in [0, 0.05) is 0 Å². The number of carboxylic acid groups (broad SMARTS) is 1. The van der Waals surface area contributed by atoms with Gasteiger partial charge < -0.3 is 15.4 Å². The number of alkyl halides is 1. The van der Waals surface area contributed by atoms with E-state index in [1.807, 2.05) is 0 Å². The molecule has 0 amide bonds. The van der Waals surface area contributed by atoms with Crippen LogP contribution in [-0.4, -0.2) is 17.3 Å². The molecule has 0 bridgehead atoms. The molecule has 0 saturated carbocycles. The summed E-state index contributed by atoms with van der Waals surface area (Å²) in [6, 6.07) is 0. The minimum absolute atomic E-state index is 0.